The third-order valence-electron chi connectivity index (χ3n) is 1.70. The third kappa shape index (κ3) is 4.05. The van der Waals surface area contributed by atoms with Gasteiger partial charge in [0.15, 0.2) is 11.9 Å². The van der Waals surface area contributed by atoms with Crippen molar-refractivity contribution in [2.75, 3.05) is 0 Å². The maximum absolute atomic E-state index is 11.2. The van der Waals surface area contributed by atoms with Gasteiger partial charge in [-0.15, -0.1) is 0 Å². The van der Waals surface area contributed by atoms with Gasteiger partial charge in [0, 0.05) is 6.08 Å². The van der Waals surface area contributed by atoms with Crippen LogP contribution in [0.4, 0.5) is 0 Å². The molecule has 0 aliphatic heterocycles. The zero-order valence-corrected chi connectivity index (χ0v) is 8.42. The van der Waals surface area contributed by atoms with Crippen LogP contribution in [0, 0.1) is 0 Å². The molecule has 0 aliphatic rings. The van der Waals surface area contributed by atoms with Crippen molar-refractivity contribution in [3.05, 3.63) is 25.3 Å². The molecule has 0 rings (SSSR count). The molecule has 0 fully saturated rings. The van der Waals surface area contributed by atoms with Gasteiger partial charge in [-0.25, -0.2) is 4.79 Å². The first-order valence-electron chi connectivity index (χ1n) is 4.29. The van der Waals surface area contributed by atoms with Gasteiger partial charge >= 0.3 is 5.97 Å². The molecule has 0 saturated heterocycles. The second-order valence-electron chi connectivity index (χ2n) is 2.90. The lowest BCUT2D eigenvalue weighted by Gasteiger charge is -2.22. The third-order valence-corrected chi connectivity index (χ3v) is 1.70. The molecule has 0 heterocycles. The zero-order chi connectivity index (χ0) is 12.0. The predicted octanol–water partition coefficient (Wildman–Crippen LogP) is -0.419. The fraction of sp³-hybridized carbons (Fsp3) is 0.400. The summed E-state index contributed by atoms with van der Waals surface area (Å²) in [5.74, 6) is -1.53. The van der Waals surface area contributed by atoms with Crippen molar-refractivity contribution in [2.45, 2.75) is 25.2 Å². The van der Waals surface area contributed by atoms with Crippen LogP contribution in [0.3, 0.4) is 0 Å². The number of hydrogen-bond acceptors (Lipinski definition) is 5. The highest BCUT2D eigenvalue weighted by atomic mass is 16.6. The Bertz CT molecular complexity index is 269. The van der Waals surface area contributed by atoms with Gasteiger partial charge in [-0.05, 0) is 13.0 Å². The number of esters is 1. The Morgan fingerprint density at radius 2 is 1.80 bits per heavy atom. The summed E-state index contributed by atoms with van der Waals surface area (Å²) < 4.78 is 4.59. The van der Waals surface area contributed by atoms with Gasteiger partial charge in [0.2, 0.25) is 0 Å². The van der Waals surface area contributed by atoms with E-state index in [0.29, 0.717) is 0 Å². The lowest BCUT2D eigenvalue weighted by atomic mass is 10.1. The molecule has 0 spiro atoms. The SMILES string of the molecule is C=CC(=O)OC(C(=O)C=C)C(O)C(C)O. The smallest absolute Gasteiger partial charge is 0.330 e. The van der Waals surface area contributed by atoms with Gasteiger partial charge in [-0.3, -0.25) is 4.79 Å². The first kappa shape index (κ1) is 13.5. The molecular formula is C10H14O5. The van der Waals surface area contributed by atoms with E-state index < -0.39 is 30.1 Å². The highest BCUT2D eigenvalue weighted by Gasteiger charge is 2.31. The Kier molecular flexibility index (Phi) is 5.51. The summed E-state index contributed by atoms with van der Waals surface area (Å²) in [6.45, 7) is 7.62. The molecule has 0 amide bonds. The Morgan fingerprint density at radius 3 is 2.13 bits per heavy atom. The topological polar surface area (TPSA) is 83.8 Å². The Balaban J connectivity index is 4.72. The average molecular weight is 214 g/mol. The van der Waals surface area contributed by atoms with Crippen LogP contribution in [-0.4, -0.2) is 40.3 Å². The normalized spacial score (nSPS) is 15.9. The quantitative estimate of drug-likeness (QED) is 0.463. The van der Waals surface area contributed by atoms with Crippen molar-refractivity contribution < 1.29 is 24.5 Å². The lowest BCUT2D eigenvalue weighted by molar-refractivity contribution is -0.159. The van der Waals surface area contributed by atoms with Crippen LogP contribution in [0.15, 0.2) is 25.3 Å². The molecule has 3 atom stereocenters. The van der Waals surface area contributed by atoms with Gasteiger partial charge in [0.1, 0.15) is 6.10 Å². The molecule has 15 heavy (non-hydrogen) atoms. The van der Waals surface area contributed by atoms with E-state index in [9.17, 15) is 14.7 Å². The molecule has 0 aromatic heterocycles. The molecule has 2 N–H and O–H groups in total. The number of aliphatic hydroxyl groups is 2. The van der Waals surface area contributed by atoms with Gasteiger partial charge in [-0.2, -0.15) is 0 Å². The molecule has 0 aromatic rings. The summed E-state index contributed by atoms with van der Waals surface area (Å²) in [4.78, 5) is 22.1. The molecule has 3 unspecified atom stereocenters. The molecular weight excluding hydrogens is 200 g/mol. The van der Waals surface area contributed by atoms with Crippen LogP contribution in [0.25, 0.3) is 0 Å². The second kappa shape index (κ2) is 6.10. The summed E-state index contributed by atoms with van der Waals surface area (Å²) in [7, 11) is 0. The Morgan fingerprint density at radius 1 is 1.27 bits per heavy atom. The van der Waals surface area contributed by atoms with Crippen molar-refractivity contribution >= 4 is 11.8 Å². The average Bonchev–Trinajstić information content (AvgIpc) is 2.23. The fourth-order valence-electron chi connectivity index (χ4n) is 0.838. The minimum Gasteiger partial charge on any atom is -0.448 e. The van der Waals surface area contributed by atoms with Crippen LogP contribution >= 0.6 is 0 Å². The van der Waals surface area contributed by atoms with E-state index in [0.717, 1.165) is 12.2 Å². The van der Waals surface area contributed by atoms with Crippen LogP contribution in [0.2, 0.25) is 0 Å². The molecule has 0 radical (unpaired) electrons. The monoisotopic (exact) mass is 214 g/mol. The second-order valence-corrected chi connectivity index (χ2v) is 2.90. The minimum atomic E-state index is -1.49. The van der Waals surface area contributed by atoms with E-state index in [1.54, 1.807) is 0 Å². The molecule has 84 valence electrons. The Hall–Kier alpha value is -1.46. The van der Waals surface area contributed by atoms with Crippen molar-refractivity contribution in [2.24, 2.45) is 0 Å². The van der Waals surface area contributed by atoms with E-state index in [1.165, 1.54) is 6.92 Å². The summed E-state index contributed by atoms with van der Waals surface area (Å²) in [5, 5.41) is 18.5. The summed E-state index contributed by atoms with van der Waals surface area (Å²) in [6.07, 6.45) is -2.37. The molecule has 0 bridgehead atoms. The van der Waals surface area contributed by atoms with Crippen molar-refractivity contribution in [1.82, 2.24) is 0 Å². The fourth-order valence-corrected chi connectivity index (χ4v) is 0.838. The maximum Gasteiger partial charge on any atom is 0.330 e. The predicted molar refractivity (Wildman–Crippen MR) is 53.0 cm³/mol. The number of ketones is 1. The van der Waals surface area contributed by atoms with Crippen molar-refractivity contribution in [1.29, 1.82) is 0 Å². The number of ether oxygens (including phenoxy) is 1. The number of rotatable bonds is 6. The molecule has 0 aliphatic carbocycles. The van der Waals surface area contributed by atoms with Gasteiger partial charge in [0.25, 0.3) is 0 Å². The van der Waals surface area contributed by atoms with E-state index in [-0.39, 0.29) is 0 Å². The van der Waals surface area contributed by atoms with Crippen molar-refractivity contribution in [3.63, 3.8) is 0 Å². The minimum absolute atomic E-state index is 0.682. The van der Waals surface area contributed by atoms with E-state index in [2.05, 4.69) is 17.9 Å². The van der Waals surface area contributed by atoms with Crippen LogP contribution in [0.5, 0.6) is 0 Å². The molecule has 0 aromatic carbocycles. The number of carbonyl (C=O) groups excluding carboxylic acids is 2. The van der Waals surface area contributed by atoms with Crippen LogP contribution < -0.4 is 0 Å². The van der Waals surface area contributed by atoms with Crippen molar-refractivity contribution in [3.8, 4) is 0 Å². The highest BCUT2D eigenvalue weighted by Crippen LogP contribution is 2.07. The van der Waals surface area contributed by atoms with E-state index in [1.807, 2.05) is 0 Å². The maximum atomic E-state index is 11.2. The molecule has 0 saturated carbocycles. The highest BCUT2D eigenvalue weighted by molar-refractivity contribution is 5.95. The number of hydrogen-bond donors (Lipinski definition) is 2. The molecule has 5 nitrogen and oxygen atoms in total. The summed E-state index contributed by atoms with van der Waals surface area (Å²) in [6, 6.07) is 0. The van der Waals surface area contributed by atoms with Gasteiger partial charge in [0.05, 0.1) is 6.10 Å². The van der Waals surface area contributed by atoms with Crippen LogP contribution in [-0.2, 0) is 14.3 Å². The largest absolute Gasteiger partial charge is 0.448 e. The van der Waals surface area contributed by atoms with Gasteiger partial charge < -0.3 is 14.9 Å². The summed E-state index contributed by atoms with van der Waals surface area (Å²) in [5.41, 5.74) is 0. The lowest BCUT2D eigenvalue weighted by Crippen LogP contribution is -2.43. The van der Waals surface area contributed by atoms with E-state index in [4.69, 9.17) is 5.11 Å². The first-order chi connectivity index (χ1) is 6.93. The van der Waals surface area contributed by atoms with Crippen LogP contribution in [0.1, 0.15) is 6.92 Å². The first-order valence-corrected chi connectivity index (χ1v) is 4.29. The van der Waals surface area contributed by atoms with E-state index >= 15 is 0 Å². The Labute approximate surface area is 87.7 Å². The van der Waals surface area contributed by atoms with Gasteiger partial charge in [-0.1, -0.05) is 13.2 Å². The number of carbonyl (C=O) groups is 2. The molecule has 5 heteroatoms. The number of aliphatic hydroxyl groups excluding tert-OH is 2. The zero-order valence-electron chi connectivity index (χ0n) is 8.42. The summed E-state index contributed by atoms with van der Waals surface area (Å²) >= 11 is 0. The standard InChI is InChI=1S/C10H14O5/c1-4-7(12)10(9(14)6(3)11)15-8(13)5-2/h4-6,9-11,14H,1-2H2,3H3.